The van der Waals surface area contributed by atoms with Crippen LogP contribution in [0.25, 0.3) is 0 Å². The van der Waals surface area contributed by atoms with Crippen LogP contribution in [0.15, 0.2) is 24.5 Å². The van der Waals surface area contributed by atoms with Crippen LogP contribution in [-0.4, -0.2) is 26.8 Å². The van der Waals surface area contributed by atoms with Crippen molar-refractivity contribution in [1.29, 1.82) is 0 Å². The summed E-state index contributed by atoms with van der Waals surface area (Å²) in [6.07, 6.45) is -1.80. The van der Waals surface area contributed by atoms with Crippen LogP contribution in [0.2, 0.25) is 0 Å². The van der Waals surface area contributed by atoms with Gasteiger partial charge in [-0.2, -0.15) is 18.3 Å². The van der Waals surface area contributed by atoms with Gasteiger partial charge < -0.3 is 5.32 Å². The number of carbonyl (C=O) groups excluding carboxylic acids is 1. The maximum atomic E-state index is 13.2. The number of nitrogens with one attached hydrogen (secondary N) is 1. The van der Waals surface area contributed by atoms with Crippen molar-refractivity contribution in [3.8, 4) is 0 Å². The number of nitrogens with zero attached hydrogens (tertiary/aromatic N) is 3. The lowest BCUT2D eigenvalue weighted by Gasteiger charge is -2.21. The van der Waals surface area contributed by atoms with Gasteiger partial charge in [0.05, 0.1) is 5.69 Å². The predicted octanol–water partition coefficient (Wildman–Crippen LogP) is 2.78. The maximum absolute atomic E-state index is 13.2. The first-order valence-corrected chi connectivity index (χ1v) is 7.45. The molecular formula is C16H19F3N4O. The molecule has 1 atom stereocenters. The van der Waals surface area contributed by atoms with Gasteiger partial charge in [-0.1, -0.05) is 6.07 Å². The molecule has 0 radical (unpaired) electrons. The van der Waals surface area contributed by atoms with Gasteiger partial charge >= 0.3 is 6.18 Å². The van der Waals surface area contributed by atoms with E-state index in [0.29, 0.717) is 6.42 Å². The van der Waals surface area contributed by atoms with E-state index in [2.05, 4.69) is 15.4 Å². The minimum atomic E-state index is -4.58. The molecule has 2 aromatic heterocycles. The highest BCUT2D eigenvalue weighted by atomic mass is 19.4. The Hall–Kier alpha value is -2.38. The first-order valence-electron chi connectivity index (χ1n) is 7.45. The molecule has 8 heteroatoms. The second-order valence-electron chi connectivity index (χ2n) is 5.60. The second kappa shape index (κ2) is 7.02. The highest BCUT2D eigenvalue weighted by molar-refractivity contribution is 5.76. The van der Waals surface area contributed by atoms with Crippen molar-refractivity contribution >= 4 is 5.91 Å². The molecule has 5 nitrogen and oxygen atoms in total. The molecule has 24 heavy (non-hydrogen) atoms. The number of hydrogen-bond donors (Lipinski definition) is 1. The molecule has 0 aliphatic carbocycles. The van der Waals surface area contributed by atoms with Crippen molar-refractivity contribution < 1.29 is 18.0 Å². The summed E-state index contributed by atoms with van der Waals surface area (Å²) in [6, 6.07) is 0.637. The molecule has 2 aromatic rings. The van der Waals surface area contributed by atoms with Gasteiger partial charge in [0.1, 0.15) is 0 Å². The molecule has 0 saturated carbocycles. The molecule has 130 valence electrons. The molecule has 2 heterocycles. The van der Waals surface area contributed by atoms with Crippen LogP contribution >= 0.6 is 0 Å². The lowest BCUT2D eigenvalue weighted by atomic mass is 10.1. The van der Waals surface area contributed by atoms with Crippen LogP contribution in [-0.2, 0) is 18.3 Å². The zero-order chi connectivity index (χ0) is 17.9. The average Bonchev–Trinajstić information content (AvgIpc) is 2.75. The summed E-state index contributed by atoms with van der Waals surface area (Å²) in [6.45, 7) is 3.68. The Morgan fingerprint density at radius 1 is 1.38 bits per heavy atom. The SMILES string of the molecule is Cc1nn(C)c(C)c1CCC(=O)N[C@H](c1cccnc1)C(F)(F)F. The molecule has 0 fully saturated rings. The van der Waals surface area contributed by atoms with E-state index in [4.69, 9.17) is 0 Å². The van der Waals surface area contributed by atoms with Crippen molar-refractivity contribution in [3.63, 3.8) is 0 Å². The zero-order valence-electron chi connectivity index (χ0n) is 13.7. The largest absolute Gasteiger partial charge is 0.412 e. The van der Waals surface area contributed by atoms with Gasteiger partial charge in [0.15, 0.2) is 6.04 Å². The van der Waals surface area contributed by atoms with Gasteiger partial charge in [-0.15, -0.1) is 0 Å². The van der Waals surface area contributed by atoms with E-state index >= 15 is 0 Å². The standard InChI is InChI=1S/C16H19F3N4O/c1-10-13(11(2)23(3)22-10)6-7-14(24)21-15(16(17,18)19)12-5-4-8-20-9-12/h4-5,8-9,15H,6-7H2,1-3H3,(H,21,24)/t15-/m1/s1. The third-order valence-electron chi connectivity index (χ3n) is 3.91. The number of rotatable bonds is 5. The molecular weight excluding hydrogens is 321 g/mol. The number of pyridine rings is 1. The minimum Gasteiger partial charge on any atom is -0.341 e. The summed E-state index contributed by atoms with van der Waals surface area (Å²) in [7, 11) is 1.79. The van der Waals surface area contributed by atoms with E-state index in [-0.39, 0.29) is 12.0 Å². The smallest absolute Gasteiger partial charge is 0.341 e. The first kappa shape index (κ1) is 18.0. The Morgan fingerprint density at radius 3 is 2.58 bits per heavy atom. The topological polar surface area (TPSA) is 59.8 Å². The van der Waals surface area contributed by atoms with Crippen LogP contribution < -0.4 is 5.32 Å². The summed E-state index contributed by atoms with van der Waals surface area (Å²) in [5.41, 5.74) is 2.48. The quantitative estimate of drug-likeness (QED) is 0.910. The number of aromatic nitrogens is 3. The number of hydrogen-bond acceptors (Lipinski definition) is 3. The van der Waals surface area contributed by atoms with Crippen LogP contribution in [0.4, 0.5) is 13.2 Å². The Kier molecular flexibility index (Phi) is 5.26. The fourth-order valence-electron chi connectivity index (χ4n) is 2.55. The molecule has 0 aromatic carbocycles. The summed E-state index contributed by atoms with van der Waals surface area (Å²) >= 11 is 0. The summed E-state index contributed by atoms with van der Waals surface area (Å²) < 4.78 is 41.3. The van der Waals surface area contributed by atoms with Gasteiger partial charge in [-0.25, -0.2) is 0 Å². The van der Waals surface area contributed by atoms with Crippen LogP contribution in [0.1, 0.15) is 35.0 Å². The fourth-order valence-corrected chi connectivity index (χ4v) is 2.55. The van der Waals surface area contributed by atoms with Gasteiger partial charge in [-0.3, -0.25) is 14.5 Å². The zero-order valence-corrected chi connectivity index (χ0v) is 13.7. The van der Waals surface area contributed by atoms with Gasteiger partial charge in [0, 0.05) is 37.1 Å². The third kappa shape index (κ3) is 4.12. The van der Waals surface area contributed by atoms with Crippen molar-refractivity contribution in [2.24, 2.45) is 7.05 Å². The summed E-state index contributed by atoms with van der Waals surface area (Å²) in [4.78, 5) is 15.7. The monoisotopic (exact) mass is 340 g/mol. The van der Waals surface area contributed by atoms with Gasteiger partial charge in [0.2, 0.25) is 5.91 Å². The molecule has 0 aliphatic heterocycles. The van der Waals surface area contributed by atoms with E-state index in [0.717, 1.165) is 23.1 Å². The number of aryl methyl sites for hydroxylation is 2. The fraction of sp³-hybridized carbons (Fsp3) is 0.438. The van der Waals surface area contributed by atoms with E-state index < -0.39 is 18.1 Å². The van der Waals surface area contributed by atoms with Gasteiger partial charge in [-0.05, 0) is 31.9 Å². The van der Waals surface area contributed by atoms with Crippen molar-refractivity contribution in [3.05, 3.63) is 47.0 Å². The lowest BCUT2D eigenvalue weighted by Crippen LogP contribution is -2.38. The Bertz CT molecular complexity index is 710. The summed E-state index contributed by atoms with van der Waals surface area (Å²) in [5, 5.41) is 6.29. The van der Waals surface area contributed by atoms with Crippen molar-refractivity contribution in [2.75, 3.05) is 0 Å². The summed E-state index contributed by atoms with van der Waals surface area (Å²) in [5.74, 6) is -0.663. The molecule has 1 amide bonds. The number of alkyl halides is 3. The second-order valence-corrected chi connectivity index (χ2v) is 5.60. The van der Waals surface area contributed by atoms with E-state index in [1.807, 2.05) is 13.8 Å². The van der Waals surface area contributed by atoms with E-state index in [1.165, 1.54) is 18.3 Å². The highest BCUT2D eigenvalue weighted by Gasteiger charge is 2.41. The molecule has 0 bridgehead atoms. The van der Waals surface area contributed by atoms with Crippen LogP contribution in [0.5, 0.6) is 0 Å². The Morgan fingerprint density at radius 2 is 2.08 bits per heavy atom. The third-order valence-corrected chi connectivity index (χ3v) is 3.91. The molecule has 0 spiro atoms. The normalized spacial score (nSPS) is 12.9. The lowest BCUT2D eigenvalue weighted by molar-refractivity contribution is -0.163. The maximum Gasteiger partial charge on any atom is 0.412 e. The number of amides is 1. The average molecular weight is 340 g/mol. The molecule has 0 saturated heterocycles. The molecule has 0 aliphatic rings. The Balaban J connectivity index is 2.06. The van der Waals surface area contributed by atoms with Crippen molar-refractivity contribution in [2.45, 2.75) is 38.9 Å². The molecule has 0 unspecified atom stereocenters. The van der Waals surface area contributed by atoms with E-state index in [9.17, 15) is 18.0 Å². The van der Waals surface area contributed by atoms with Crippen LogP contribution in [0.3, 0.4) is 0 Å². The van der Waals surface area contributed by atoms with Gasteiger partial charge in [0.25, 0.3) is 0 Å². The van der Waals surface area contributed by atoms with E-state index in [1.54, 1.807) is 11.7 Å². The van der Waals surface area contributed by atoms with Crippen LogP contribution in [0, 0.1) is 13.8 Å². The number of halogens is 3. The molecule has 2 rings (SSSR count). The molecule has 1 N–H and O–H groups in total. The number of carbonyl (C=O) groups is 1. The highest BCUT2D eigenvalue weighted by Crippen LogP contribution is 2.32. The van der Waals surface area contributed by atoms with Crippen molar-refractivity contribution in [1.82, 2.24) is 20.1 Å². The Labute approximate surface area is 137 Å². The minimum absolute atomic E-state index is 0.0415. The first-order chi connectivity index (χ1) is 11.2. The predicted molar refractivity (Wildman–Crippen MR) is 82.2 cm³/mol.